The van der Waals surface area contributed by atoms with E-state index in [-0.39, 0.29) is 0 Å². The Kier molecular flexibility index (Phi) is 3.56. The monoisotopic (exact) mass is 187 g/mol. The zero-order chi connectivity index (χ0) is 8.97. The highest BCUT2D eigenvalue weighted by atomic mass is 35.5. The van der Waals surface area contributed by atoms with Crippen LogP contribution in [0.3, 0.4) is 0 Å². The Morgan fingerprint density at radius 3 is 2.83 bits per heavy atom. The smallest absolute Gasteiger partial charge is 0.151 e. The van der Waals surface area contributed by atoms with Crippen LogP contribution in [0.5, 0.6) is 0 Å². The van der Waals surface area contributed by atoms with Crippen molar-refractivity contribution in [1.29, 1.82) is 0 Å². The number of aromatic amines is 1. The van der Waals surface area contributed by atoms with E-state index in [9.17, 15) is 0 Å². The van der Waals surface area contributed by atoms with Crippen LogP contribution in [0.15, 0.2) is 0 Å². The summed E-state index contributed by atoms with van der Waals surface area (Å²) in [5, 5.41) is 0.517. The highest BCUT2D eigenvalue weighted by Gasteiger charge is 2.04. The number of nitrogens with two attached hydrogens (primary N) is 1. The normalized spacial score (nSPS) is 10.6. The van der Waals surface area contributed by atoms with E-state index in [1.54, 1.807) is 0 Å². The fourth-order valence-electron chi connectivity index (χ4n) is 1.04. The van der Waals surface area contributed by atoms with Gasteiger partial charge in [0.1, 0.15) is 5.82 Å². The molecule has 1 aromatic rings. The molecule has 0 aromatic carbocycles. The van der Waals surface area contributed by atoms with Gasteiger partial charge in [0, 0.05) is 13.0 Å². The summed E-state index contributed by atoms with van der Waals surface area (Å²) in [7, 11) is 0. The van der Waals surface area contributed by atoms with Gasteiger partial charge in [-0.25, -0.2) is 4.98 Å². The summed E-state index contributed by atoms with van der Waals surface area (Å²) in [5.74, 6) is 0.947. The number of nitrogens with one attached hydrogen (secondary N) is 1. The van der Waals surface area contributed by atoms with Crippen LogP contribution in [0.25, 0.3) is 0 Å². The van der Waals surface area contributed by atoms with E-state index in [1.807, 2.05) is 0 Å². The fourth-order valence-corrected chi connectivity index (χ4v) is 1.26. The molecule has 1 aromatic heterocycles. The summed E-state index contributed by atoms with van der Waals surface area (Å²) < 4.78 is 0. The molecule has 0 aliphatic heterocycles. The van der Waals surface area contributed by atoms with Crippen molar-refractivity contribution in [2.75, 3.05) is 0 Å². The molecular weight excluding hydrogens is 174 g/mol. The lowest BCUT2D eigenvalue weighted by Gasteiger charge is -1.91. The number of unbranched alkanes of at least 4 members (excludes halogenated alkanes) is 1. The first kappa shape index (κ1) is 9.55. The van der Waals surface area contributed by atoms with Crippen molar-refractivity contribution in [2.24, 2.45) is 5.73 Å². The minimum absolute atomic E-state index is 0.429. The summed E-state index contributed by atoms with van der Waals surface area (Å²) in [6.07, 6.45) is 3.25. The molecule has 1 rings (SSSR count). The van der Waals surface area contributed by atoms with Gasteiger partial charge in [0.05, 0.1) is 5.69 Å². The molecule has 0 aliphatic rings. The average molecular weight is 188 g/mol. The van der Waals surface area contributed by atoms with Gasteiger partial charge in [-0.2, -0.15) is 0 Å². The van der Waals surface area contributed by atoms with E-state index in [4.69, 9.17) is 17.3 Å². The van der Waals surface area contributed by atoms with Gasteiger partial charge in [-0.3, -0.25) is 0 Å². The van der Waals surface area contributed by atoms with Gasteiger partial charge >= 0.3 is 0 Å². The zero-order valence-corrected chi connectivity index (χ0v) is 7.99. The number of H-pyrrole nitrogens is 1. The predicted molar refractivity (Wildman–Crippen MR) is 50.1 cm³/mol. The van der Waals surface area contributed by atoms with Crippen molar-refractivity contribution in [3.63, 3.8) is 0 Å². The lowest BCUT2D eigenvalue weighted by atomic mass is 10.2. The molecule has 3 N–H and O–H groups in total. The molecular formula is C8H14ClN3. The molecule has 0 atom stereocenters. The molecule has 68 valence electrons. The Balaban J connectivity index is 2.62. The van der Waals surface area contributed by atoms with Gasteiger partial charge in [-0.15, -0.1) is 0 Å². The summed E-state index contributed by atoms with van der Waals surface area (Å²) in [6.45, 7) is 2.58. The minimum Gasteiger partial charge on any atom is -0.344 e. The number of rotatable bonds is 4. The Hall–Kier alpha value is -0.540. The Labute approximate surface area is 77.3 Å². The molecule has 3 nitrogen and oxygen atoms in total. The first-order chi connectivity index (χ1) is 5.77. The number of halogens is 1. The van der Waals surface area contributed by atoms with Gasteiger partial charge in [-0.05, 0) is 6.42 Å². The molecule has 0 radical (unpaired) electrons. The van der Waals surface area contributed by atoms with Crippen molar-refractivity contribution in [2.45, 2.75) is 32.7 Å². The second kappa shape index (κ2) is 4.48. The van der Waals surface area contributed by atoms with Gasteiger partial charge in [0.15, 0.2) is 5.15 Å². The van der Waals surface area contributed by atoms with Crippen molar-refractivity contribution < 1.29 is 0 Å². The Morgan fingerprint density at radius 2 is 2.33 bits per heavy atom. The third-order valence-electron chi connectivity index (χ3n) is 1.75. The van der Waals surface area contributed by atoms with Gasteiger partial charge < -0.3 is 10.7 Å². The van der Waals surface area contributed by atoms with Crippen LogP contribution in [-0.2, 0) is 13.0 Å². The van der Waals surface area contributed by atoms with Crippen molar-refractivity contribution >= 4 is 11.6 Å². The molecule has 0 aliphatic carbocycles. The van der Waals surface area contributed by atoms with Gasteiger partial charge in [-0.1, -0.05) is 24.9 Å². The number of hydrogen-bond donors (Lipinski definition) is 2. The van der Waals surface area contributed by atoms with E-state index >= 15 is 0 Å². The van der Waals surface area contributed by atoms with Crippen LogP contribution in [0.2, 0.25) is 5.15 Å². The van der Waals surface area contributed by atoms with Crippen LogP contribution in [-0.4, -0.2) is 9.97 Å². The molecule has 12 heavy (non-hydrogen) atoms. The maximum Gasteiger partial charge on any atom is 0.151 e. The molecule has 0 unspecified atom stereocenters. The predicted octanol–water partition coefficient (Wildman–Crippen LogP) is 1.86. The highest BCUT2D eigenvalue weighted by molar-refractivity contribution is 6.30. The Morgan fingerprint density at radius 1 is 1.58 bits per heavy atom. The third-order valence-corrected chi connectivity index (χ3v) is 2.06. The van der Waals surface area contributed by atoms with Gasteiger partial charge in [0.2, 0.25) is 0 Å². The van der Waals surface area contributed by atoms with E-state index in [1.165, 1.54) is 0 Å². The maximum atomic E-state index is 5.80. The number of nitrogens with zero attached hydrogens (tertiary/aromatic N) is 1. The first-order valence-electron chi connectivity index (χ1n) is 4.21. The third kappa shape index (κ3) is 2.22. The standard InChI is InChI=1S/C8H14ClN3/c1-2-3-4-7-11-6(5-10)8(9)12-7/h2-5,10H2,1H3,(H,11,12). The average Bonchev–Trinajstić information content (AvgIpc) is 2.43. The summed E-state index contributed by atoms with van der Waals surface area (Å²) in [4.78, 5) is 7.25. The molecule has 0 saturated carbocycles. The van der Waals surface area contributed by atoms with E-state index < -0.39 is 0 Å². The topological polar surface area (TPSA) is 54.7 Å². The fraction of sp³-hybridized carbons (Fsp3) is 0.625. The largest absolute Gasteiger partial charge is 0.344 e. The van der Waals surface area contributed by atoms with Crippen LogP contribution in [0.4, 0.5) is 0 Å². The first-order valence-corrected chi connectivity index (χ1v) is 4.59. The van der Waals surface area contributed by atoms with Crippen LogP contribution < -0.4 is 5.73 Å². The van der Waals surface area contributed by atoms with Crippen molar-refractivity contribution in [3.05, 3.63) is 16.7 Å². The van der Waals surface area contributed by atoms with Crippen LogP contribution in [0.1, 0.15) is 31.3 Å². The maximum absolute atomic E-state index is 5.80. The number of aromatic nitrogens is 2. The highest BCUT2D eigenvalue weighted by Crippen LogP contribution is 2.12. The van der Waals surface area contributed by atoms with Gasteiger partial charge in [0.25, 0.3) is 0 Å². The van der Waals surface area contributed by atoms with Crippen molar-refractivity contribution in [1.82, 2.24) is 9.97 Å². The summed E-state index contributed by atoms with van der Waals surface area (Å²) in [6, 6.07) is 0. The molecule has 4 heteroatoms. The van der Waals surface area contributed by atoms with E-state index in [0.717, 1.165) is 30.8 Å². The Bertz CT molecular complexity index is 244. The SMILES string of the molecule is CCCCc1nc(Cl)c(CN)[nH]1. The number of hydrogen-bond acceptors (Lipinski definition) is 2. The molecule has 0 spiro atoms. The second-order valence-electron chi connectivity index (χ2n) is 2.76. The second-order valence-corrected chi connectivity index (χ2v) is 3.12. The quantitative estimate of drug-likeness (QED) is 0.756. The summed E-state index contributed by atoms with van der Waals surface area (Å²) in [5.41, 5.74) is 6.27. The molecule has 0 amide bonds. The van der Waals surface area contributed by atoms with Crippen molar-refractivity contribution in [3.8, 4) is 0 Å². The lowest BCUT2D eigenvalue weighted by molar-refractivity contribution is 0.759. The van der Waals surface area contributed by atoms with E-state index in [2.05, 4.69) is 16.9 Å². The molecule has 0 fully saturated rings. The number of aryl methyl sites for hydroxylation is 1. The van der Waals surface area contributed by atoms with E-state index in [0.29, 0.717) is 11.7 Å². The zero-order valence-electron chi connectivity index (χ0n) is 7.23. The molecule has 1 heterocycles. The molecule has 0 bridgehead atoms. The minimum atomic E-state index is 0.429. The lowest BCUT2D eigenvalue weighted by Crippen LogP contribution is -1.97. The summed E-state index contributed by atoms with van der Waals surface area (Å²) >= 11 is 5.80. The molecule has 0 saturated heterocycles. The van der Waals surface area contributed by atoms with Crippen LogP contribution in [0, 0.1) is 0 Å². The van der Waals surface area contributed by atoms with Crippen LogP contribution >= 0.6 is 11.6 Å². The number of imidazole rings is 1.